The number of rotatable bonds is 4. The Labute approximate surface area is 120 Å². The molecule has 0 radical (unpaired) electrons. The van der Waals surface area contributed by atoms with Crippen LogP contribution in [0.15, 0.2) is 12.4 Å². The first-order valence-corrected chi connectivity index (χ1v) is 7.94. The summed E-state index contributed by atoms with van der Waals surface area (Å²) in [6.07, 6.45) is 4.10. The van der Waals surface area contributed by atoms with Gasteiger partial charge in [-0.15, -0.1) is 0 Å². The molecular formula is C12H18N4O3S. The Bertz CT molecular complexity index is 516. The first kappa shape index (κ1) is 14.8. The smallest absolute Gasteiger partial charge is 0.305 e. The second-order valence-corrected chi connectivity index (χ2v) is 6.83. The van der Waals surface area contributed by atoms with Crippen molar-refractivity contribution in [1.82, 2.24) is 9.97 Å². The molecule has 1 aliphatic rings. The van der Waals surface area contributed by atoms with Crippen molar-refractivity contribution < 1.29 is 9.13 Å². The van der Waals surface area contributed by atoms with Gasteiger partial charge in [-0.25, -0.2) is 9.97 Å². The number of hydrogen-bond donors (Lipinski definition) is 0. The summed E-state index contributed by atoms with van der Waals surface area (Å²) in [7, 11) is -0.848. The van der Waals surface area contributed by atoms with Gasteiger partial charge in [0.1, 0.15) is 12.4 Å². The Morgan fingerprint density at radius 2 is 2.00 bits per heavy atom. The molecule has 1 aromatic rings. The van der Waals surface area contributed by atoms with Gasteiger partial charge in [-0.2, -0.15) is 0 Å². The van der Waals surface area contributed by atoms with E-state index in [2.05, 4.69) is 9.97 Å². The van der Waals surface area contributed by atoms with Crippen LogP contribution in [0.4, 0.5) is 11.6 Å². The molecular weight excluding hydrogens is 280 g/mol. The van der Waals surface area contributed by atoms with Crippen molar-refractivity contribution >= 4 is 22.4 Å². The lowest BCUT2D eigenvalue weighted by atomic mass is 10.0. The maximum absolute atomic E-state index is 12.3. The molecule has 1 aromatic heterocycles. The van der Waals surface area contributed by atoms with Crippen molar-refractivity contribution in [3.8, 4) is 0 Å². The molecule has 0 aromatic carbocycles. The molecule has 0 bridgehead atoms. The highest BCUT2D eigenvalue weighted by molar-refractivity contribution is 7.86. The Balaban J connectivity index is 2.21. The van der Waals surface area contributed by atoms with Crippen LogP contribution in [-0.2, 0) is 10.8 Å². The topological polar surface area (TPSA) is 89.2 Å². The first-order chi connectivity index (χ1) is 9.52. The van der Waals surface area contributed by atoms with Gasteiger partial charge in [-0.05, 0) is 12.8 Å². The molecule has 7 nitrogen and oxygen atoms in total. The normalized spacial score (nSPS) is 21.7. The van der Waals surface area contributed by atoms with Gasteiger partial charge in [0, 0.05) is 29.6 Å². The summed E-state index contributed by atoms with van der Waals surface area (Å²) in [5.41, 5.74) is -0.119. The van der Waals surface area contributed by atoms with Gasteiger partial charge in [-0.1, -0.05) is 13.8 Å². The monoisotopic (exact) mass is 298 g/mol. The summed E-state index contributed by atoms with van der Waals surface area (Å²) >= 11 is 0. The lowest BCUT2D eigenvalue weighted by molar-refractivity contribution is -0.385. The molecule has 0 spiro atoms. The summed E-state index contributed by atoms with van der Waals surface area (Å²) in [5, 5.41) is 10.6. The van der Waals surface area contributed by atoms with Crippen molar-refractivity contribution in [2.75, 3.05) is 23.7 Å². The van der Waals surface area contributed by atoms with Gasteiger partial charge >= 0.3 is 5.69 Å². The molecule has 2 rings (SSSR count). The van der Waals surface area contributed by atoms with Gasteiger partial charge in [0.2, 0.25) is 5.95 Å². The molecule has 0 N–H and O–H groups in total. The zero-order chi connectivity index (χ0) is 14.8. The Morgan fingerprint density at radius 1 is 1.40 bits per heavy atom. The average molecular weight is 298 g/mol. The molecule has 0 amide bonds. The van der Waals surface area contributed by atoms with Crippen molar-refractivity contribution in [3.63, 3.8) is 0 Å². The van der Waals surface area contributed by atoms with E-state index < -0.39 is 15.7 Å². The minimum atomic E-state index is -0.848. The van der Waals surface area contributed by atoms with Crippen molar-refractivity contribution in [3.05, 3.63) is 22.5 Å². The number of nitro groups is 1. The van der Waals surface area contributed by atoms with E-state index >= 15 is 0 Å². The molecule has 0 saturated carbocycles. The van der Waals surface area contributed by atoms with Crippen LogP contribution in [0, 0.1) is 10.1 Å². The molecule has 110 valence electrons. The van der Waals surface area contributed by atoms with E-state index in [1.165, 1.54) is 12.4 Å². The molecule has 2 heterocycles. The molecule has 1 aliphatic heterocycles. The fourth-order valence-corrected chi connectivity index (χ4v) is 4.21. The second-order valence-electron chi connectivity index (χ2n) is 4.86. The summed E-state index contributed by atoms with van der Waals surface area (Å²) in [5.74, 6) is 1.06. The Kier molecular flexibility index (Phi) is 4.32. The van der Waals surface area contributed by atoms with Crippen LogP contribution in [-0.4, -0.2) is 42.7 Å². The van der Waals surface area contributed by atoms with Crippen LogP contribution in [0.3, 0.4) is 0 Å². The van der Waals surface area contributed by atoms with Crippen LogP contribution in [0.1, 0.15) is 26.7 Å². The third-order valence-electron chi connectivity index (χ3n) is 3.92. The van der Waals surface area contributed by atoms with Crippen LogP contribution in [0.5, 0.6) is 0 Å². The lowest BCUT2D eigenvalue weighted by Gasteiger charge is -2.41. The van der Waals surface area contributed by atoms with Crippen molar-refractivity contribution in [2.45, 2.75) is 31.4 Å². The van der Waals surface area contributed by atoms with E-state index in [0.717, 1.165) is 12.8 Å². The molecule has 1 unspecified atom stereocenters. The standard InChI is InChI=1S/C12H18N4O3S/c1-3-12(4-2)9-15(5-6-20(12)19)11-13-7-10(8-14-11)16(17)18/h7-8H,3-6,9H2,1-2H3. The summed E-state index contributed by atoms with van der Waals surface area (Å²) in [6.45, 7) is 5.33. The highest BCUT2D eigenvalue weighted by Crippen LogP contribution is 2.30. The minimum absolute atomic E-state index is 0.119. The van der Waals surface area contributed by atoms with Crippen molar-refractivity contribution in [1.29, 1.82) is 0 Å². The number of aromatic nitrogens is 2. The van der Waals surface area contributed by atoms with Crippen molar-refractivity contribution in [2.24, 2.45) is 0 Å². The maximum Gasteiger partial charge on any atom is 0.305 e. The van der Waals surface area contributed by atoms with E-state index in [1.54, 1.807) is 0 Å². The zero-order valence-electron chi connectivity index (χ0n) is 11.6. The predicted molar refractivity (Wildman–Crippen MR) is 77.2 cm³/mol. The molecule has 0 aliphatic carbocycles. The van der Waals surface area contributed by atoms with Crippen LogP contribution in [0.2, 0.25) is 0 Å². The van der Waals surface area contributed by atoms with Gasteiger partial charge in [-0.3, -0.25) is 14.3 Å². The fraction of sp³-hybridized carbons (Fsp3) is 0.667. The highest BCUT2D eigenvalue weighted by Gasteiger charge is 2.39. The lowest BCUT2D eigenvalue weighted by Crippen LogP contribution is -2.53. The van der Waals surface area contributed by atoms with E-state index in [-0.39, 0.29) is 10.4 Å². The van der Waals surface area contributed by atoms with Gasteiger partial charge in [0.15, 0.2) is 0 Å². The second kappa shape index (κ2) is 5.82. The average Bonchev–Trinajstić information content (AvgIpc) is 2.48. The van der Waals surface area contributed by atoms with E-state index in [4.69, 9.17) is 0 Å². The van der Waals surface area contributed by atoms with Crippen LogP contribution in [0.25, 0.3) is 0 Å². The molecule has 20 heavy (non-hydrogen) atoms. The SMILES string of the molecule is CCC1(CC)CN(c2ncc([N+](=O)[O-])cn2)CCS1=O. The van der Waals surface area contributed by atoms with E-state index in [9.17, 15) is 14.3 Å². The molecule has 1 atom stereocenters. The zero-order valence-corrected chi connectivity index (χ0v) is 12.4. The quantitative estimate of drug-likeness (QED) is 0.618. The number of hydrogen-bond acceptors (Lipinski definition) is 6. The van der Waals surface area contributed by atoms with Crippen LogP contribution < -0.4 is 4.90 Å². The van der Waals surface area contributed by atoms with Gasteiger partial charge < -0.3 is 4.90 Å². The number of anilines is 1. The first-order valence-electron chi connectivity index (χ1n) is 6.62. The number of nitrogens with zero attached hydrogens (tertiary/aromatic N) is 4. The minimum Gasteiger partial charge on any atom is -0.338 e. The molecule has 8 heteroatoms. The predicted octanol–water partition coefficient (Wildman–Crippen LogP) is 1.51. The highest BCUT2D eigenvalue weighted by atomic mass is 32.2. The van der Waals surface area contributed by atoms with Gasteiger partial charge in [0.25, 0.3) is 0 Å². The Morgan fingerprint density at radius 3 is 2.50 bits per heavy atom. The Hall–Kier alpha value is -1.57. The summed E-state index contributed by atoms with van der Waals surface area (Å²) in [6, 6.07) is 0. The van der Waals surface area contributed by atoms with Crippen LogP contribution >= 0.6 is 0 Å². The van der Waals surface area contributed by atoms with E-state index in [0.29, 0.717) is 24.8 Å². The van der Waals surface area contributed by atoms with E-state index in [1.807, 2.05) is 18.7 Å². The maximum atomic E-state index is 12.3. The third-order valence-corrected chi connectivity index (χ3v) is 6.14. The third kappa shape index (κ3) is 2.65. The molecule has 1 saturated heterocycles. The summed E-state index contributed by atoms with van der Waals surface area (Å²) < 4.78 is 12.0. The molecule has 1 fully saturated rings. The fourth-order valence-electron chi connectivity index (χ4n) is 2.45. The largest absolute Gasteiger partial charge is 0.338 e. The van der Waals surface area contributed by atoms with Gasteiger partial charge in [0.05, 0.1) is 9.67 Å². The summed E-state index contributed by atoms with van der Waals surface area (Å²) in [4.78, 5) is 20.2.